The number of hydrogen-bond acceptors (Lipinski definition) is 1. The highest BCUT2D eigenvalue weighted by Gasteiger charge is 1.95. The first-order valence-electron chi connectivity index (χ1n) is 3.53. The molecule has 1 heteroatoms. The van der Waals surface area contributed by atoms with Crippen LogP contribution in [0, 0.1) is 18.8 Å². The van der Waals surface area contributed by atoms with Gasteiger partial charge in [0.05, 0.1) is 0 Å². The average Bonchev–Trinajstić information content (AvgIpc) is 1.63. The fourth-order valence-corrected chi connectivity index (χ4v) is 0.505. The van der Waals surface area contributed by atoms with Crippen LogP contribution < -0.4 is 0 Å². The van der Waals surface area contributed by atoms with Crippen LogP contribution in [0.25, 0.3) is 0 Å². The summed E-state index contributed by atoms with van der Waals surface area (Å²) in [5.41, 5.74) is 0. The molecule has 0 rings (SSSR count). The van der Waals surface area contributed by atoms with E-state index in [9.17, 15) is 0 Å². The Balaban J connectivity index is 2.91. The maximum atomic E-state index is 5.29. The zero-order chi connectivity index (χ0) is 7.28. The SMILES string of the molecule is [CH2]C(C)COCC(C)C. The number of hydrogen-bond donors (Lipinski definition) is 0. The van der Waals surface area contributed by atoms with E-state index in [0.29, 0.717) is 11.8 Å². The highest BCUT2D eigenvalue weighted by molar-refractivity contribution is 4.51. The Hall–Kier alpha value is -0.0400. The van der Waals surface area contributed by atoms with Crippen LogP contribution in [-0.2, 0) is 4.74 Å². The van der Waals surface area contributed by atoms with Crippen molar-refractivity contribution < 1.29 is 4.74 Å². The number of ether oxygens (including phenoxy) is 1. The second-order valence-electron chi connectivity index (χ2n) is 3.04. The Kier molecular flexibility index (Phi) is 4.78. The van der Waals surface area contributed by atoms with Crippen molar-refractivity contribution >= 4 is 0 Å². The fraction of sp³-hybridized carbons (Fsp3) is 0.875. The summed E-state index contributed by atoms with van der Waals surface area (Å²) in [7, 11) is 0. The van der Waals surface area contributed by atoms with Crippen LogP contribution in [0.1, 0.15) is 20.8 Å². The quantitative estimate of drug-likeness (QED) is 0.565. The standard InChI is InChI=1S/C8H17O/c1-7(2)5-9-6-8(3)4/h7-8H,1,5-6H2,2-4H3. The van der Waals surface area contributed by atoms with E-state index in [-0.39, 0.29) is 0 Å². The van der Waals surface area contributed by atoms with Gasteiger partial charge in [-0.25, -0.2) is 0 Å². The van der Waals surface area contributed by atoms with E-state index >= 15 is 0 Å². The lowest BCUT2D eigenvalue weighted by Crippen LogP contribution is -2.07. The van der Waals surface area contributed by atoms with Crippen LogP contribution in [0.4, 0.5) is 0 Å². The molecule has 0 saturated carbocycles. The van der Waals surface area contributed by atoms with Crippen LogP contribution in [0.15, 0.2) is 0 Å². The Labute approximate surface area is 58.4 Å². The maximum absolute atomic E-state index is 5.29. The Morgan fingerprint density at radius 1 is 1.22 bits per heavy atom. The minimum absolute atomic E-state index is 0.420. The lowest BCUT2D eigenvalue weighted by molar-refractivity contribution is 0.0941. The molecule has 0 aliphatic rings. The van der Waals surface area contributed by atoms with Gasteiger partial charge in [0.2, 0.25) is 0 Å². The molecule has 55 valence electrons. The van der Waals surface area contributed by atoms with E-state index < -0.39 is 0 Å². The van der Waals surface area contributed by atoms with E-state index in [2.05, 4.69) is 27.7 Å². The summed E-state index contributed by atoms with van der Waals surface area (Å²) in [6, 6.07) is 0. The summed E-state index contributed by atoms with van der Waals surface area (Å²) in [6.45, 7) is 11.8. The van der Waals surface area contributed by atoms with Gasteiger partial charge in [-0.05, 0) is 18.8 Å². The smallest absolute Gasteiger partial charge is 0.0491 e. The maximum Gasteiger partial charge on any atom is 0.0491 e. The van der Waals surface area contributed by atoms with Gasteiger partial charge in [-0.15, -0.1) is 0 Å². The topological polar surface area (TPSA) is 9.23 Å². The van der Waals surface area contributed by atoms with Gasteiger partial charge in [0.15, 0.2) is 0 Å². The van der Waals surface area contributed by atoms with Gasteiger partial charge in [0, 0.05) is 13.2 Å². The molecule has 1 unspecified atom stereocenters. The van der Waals surface area contributed by atoms with E-state index in [0.717, 1.165) is 13.2 Å². The molecule has 0 bridgehead atoms. The summed E-state index contributed by atoms with van der Waals surface area (Å²) in [5.74, 6) is 1.06. The molecule has 0 aromatic heterocycles. The van der Waals surface area contributed by atoms with Crippen molar-refractivity contribution in [2.45, 2.75) is 20.8 Å². The van der Waals surface area contributed by atoms with E-state index in [1.54, 1.807) is 0 Å². The Morgan fingerprint density at radius 2 is 1.78 bits per heavy atom. The first kappa shape index (κ1) is 8.96. The molecule has 0 spiro atoms. The largest absolute Gasteiger partial charge is 0.381 e. The molecule has 0 saturated heterocycles. The first-order chi connectivity index (χ1) is 4.13. The van der Waals surface area contributed by atoms with Gasteiger partial charge in [0.1, 0.15) is 0 Å². The van der Waals surface area contributed by atoms with E-state index in [1.807, 2.05) is 0 Å². The molecule has 1 nitrogen and oxygen atoms in total. The lowest BCUT2D eigenvalue weighted by Gasteiger charge is -2.07. The molecule has 0 N–H and O–H groups in total. The summed E-state index contributed by atoms with van der Waals surface area (Å²) in [6.07, 6.45) is 0. The van der Waals surface area contributed by atoms with Gasteiger partial charge < -0.3 is 4.74 Å². The lowest BCUT2D eigenvalue weighted by atomic mass is 10.2. The van der Waals surface area contributed by atoms with Gasteiger partial charge in [0.25, 0.3) is 0 Å². The minimum Gasteiger partial charge on any atom is -0.381 e. The molecule has 0 aromatic carbocycles. The molecule has 0 aromatic rings. The third-order valence-corrected chi connectivity index (χ3v) is 0.854. The van der Waals surface area contributed by atoms with Crippen LogP contribution in [0.3, 0.4) is 0 Å². The molecular formula is C8H17O. The Morgan fingerprint density at radius 3 is 2.11 bits per heavy atom. The van der Waals surface area contributed by atoms with Crippen molar-refractivity contribution in [1.82, 2.24) is 0 Å². The van der Waals surface area contributed by atoms with Crippen molar-refractivity contribution in [1.29, 1.82) is 0 Å². The summed E-state index contributed by atoms with van der Waals surface area (Å²) >= 11 is 0. The van der Waals surface area contributed by atoms with Crippen molar-refractivity contribution in [2.24, 2.45) is 11.8 Å². The third kappa shape index (κ3) is 7.96. The zero-order valence-electron chi connectivity index (χ0n) is 6.68. The highest BCUT2D eigenvalue weighted by atomic mass is 16.5. The molecule has 0 amide bonds. The summed E-state index contributed by atoms with van der Waals surface area (Å²) in [5, 5.41) is 0. The molecule has 1 atom stereocenters. The predicted octanol–water partition coefficient (Wildman–Crippen LogP) is 2.13. The van der Waals surface area contributed by atoms with Crippen LogP contribution in [-0.4, -0.2) is 13.2 Å². The molecule has 9 heavy (non-hydrogen) atoms. The van der Waals surface area contributed by atoms with Crippen LogP contribution >= 0.6 is 0 Å². The highest BCUT2D eigenvalue weighted by Crippen LogP contribution is 1.96. The minimum atomic E-state index is 0.420. The molecule has 0 fully saturated rings. The van der Waals surface area contributed by atoms with Crippen LogP contribution in [0.2, 0.25) is 0 Å². The molecule has 0 aliphatic heterocycles. The predicted molar refractivity (Wildman–Crippen MR) is 40.2 cm³/mol. The second-order valence-corrected chi connectivity index (χ2v) is 3.04. The summed E-state index contributed by atoms with van der Waals surface area (Å²) in [4.78, 5) is 0. The van der Waals surface area contributed by atoms with Gasteiger partial charge >= 0.3 is 0 Å². The third-order valence-electron chi connectivity index (χ3n) is 0.854. The zero-order valence-corrected chi connectivity index (χ0v) is 6.68. The fourth-order valence-electron chi connectivity index (χ4n) is 0.505. The first-order valence-corrected chi connectivity index (χ1v) is 3.53. The van der Waals surface area contributed by atoms with Crippen LogP contribution in [0.5, 0.6) is 0 Å². The van der Waals surface area contributed by atoms with Crippen molar-refractivity contribution in [3.8, 4) is 0 Å². The molecule has 0 heterocycles. The van der Waals surface area contributed by atoms with Crippen molar-refractivity contribution in [3.05, 3.63) is 6.92 Å². The second kappa shape index (κ2) is 4.80. The Bertz CT molecular complexity index is 49.6. The summed E-state index contributed by atoms with van der Waals surface area (Å²) < 4.78 is 5.29. The molecule has 0 aliphatic carbocycles. The van der Waals surface area contributed by atoms with Crippen molar-refractivity contribution in [2.75, 3.05) is 13.2 Å². The van der Waals surface area contributed by atoms with E-state index in [4.69, 9.17) is 4.74 Å². The molecule has 1 radical (unpaired) electrons. The average molecular weight is 129 g/mol. The van der Waals surface area contributed by atoms with Gasteiger partial charge in [-0.2, -0.15) is 0 Å². The number of rotatable bonds is 4. The van der Waals surface area contributed by atoms with Crippen molar-refractivity contribution in [3.63, 3.8) is 0 Å². The molecular weight excluding hydrogens is 112 g/mol. The van der Waals surface area contributed by atoms with Gasteiger partial charge in [-0.3, -0.25) is 0 Å². The monoisotopic (exact) mass is 129 g/mol. The normalized spacial score (nSPS) is 11.3. The van der Waals surface area contributed by atoms with Gasteiger partial charge in [-0.1, -0.05) is 20.8 Å². The van der Waals surface area contributed by atoms with E-state index in [1.165, 1.54) is 0 Å².